The summed E-state index contributed by atoms with van der Waals surface area (Å²) < 4.78 is 6.30. The molecule has 0 spiro atoms. The van der Waals surface area contributed by atoms with Crippen molar-refractivity contribution in [2.45, 2.75) is 57.2 Å². The van der Waals surface area contributed by atoms with Gasteiger partial charge < -0.3 is 10.2 Å². The van der Waals surface area contributed by atoms with E-state index in [4.69, 9.17) is 4.74 Å². The highest BCUT2D eigenvalue weighted by Crippen LogP contribution is 2.51. The van der Waals surface area contributed by atoms with Gasteiger partial charge in [0.1, 0.15) is 6.10 Å². The van der Waals surface area contributed by atoms with Gasteiger partial charge in [-0.3, -0.25) is 0 Å². The second-order valence-corrected chi connectivity index (χ2v) is 7.40. The average Bonchev–Trinajstić information content (AvgIpc) is 2.99. The van der Waals surface area contributed by atoms with Crippen LogP contribution < -0.4 is 5.43 Å². The van der Waals surface area contributed by atoms with E-state index in [1.807, 2.05) is 0 Å². The Kier molecular flexibility index (Phi) is 2.79. The molecule has 2 fully saturated rings. The molecule has 5 unspecified atom stereocenters. The van der Waals surface area contributed by atoms with E-state index >= 15 is 0 Å². The zero-order chi connectivity index (χ0) is 13.8. The molecule has 0 bridgehead atoms. The van der Waals surface area contributed by atoms with Gasteiger partial charge in [0, 0.05) is 0 Å². The summed E-state index contributed by atoms with van der Waals surface area (Å²) in [5.41, 5.74) is 7.30. The zero-order valence-corrected chi connectivity index (χ0v) is 12.6. The molecule has 0 aromatic rings. The first kappa shape index (κ1) is 12.5. The van der Waals surface area contributed by atoms with Gasteiger partial charge in [-0.05, 0) is 67.1 Å². The third-order valence-electron chi connectivity index (χ3n) is 6.39. The molecule has 1 N–H and O–H groups in total. The summed E-state index contributed by atoms with van der Waals surface area (Å²) >= 11 is 0. The van der Waals surface area contributed by atoms with Crippen LogP contribution in [0, 0.1) is 17.8 Å². The van der Waals surface area contributed by atoms with E-state index < -0.39 is 0 Å². The van der Waals surface area contributed by atoms with Crippen LogP contribution in [0.5, 0.6) is 0 Å². The number of rotatable bonds is 0. The first-order valence-electron chi connectivity index (χ1n) is 8.78. The minimum absolute atomic E-state index is 0.196. The van der Waals surface area contributed by atoms with E-state index in [0.29, 0.717) is 6.10 Å². The molecule has 0 aromatic carbocycles. The second-order valence-electron chi connectivity index (χ2n) is 7.40. The lowest BCUT2D eigenvalue weighted by Gasteiger charge is -2.47. The topological polar surface area (TPSA) is 33.6 Å². The third kappa shape index (κ3) is 1.86. The Morgan fingerprint density at radius 1 is 1.05 bits per heavy atom. The molecule has 21 heavy (non-hydrogen) atoms. The van der Waals surface area contributed by atoms with Crippen molar-refractivity contribution in [1.82, 2.24) is 5.43 Å². The zero-order valence-electron chi connectivity index (χ0n) is 12.6. The quantitative estimate of drug-likeness (QED) is 0.741. The van der Waals surface area contributed by atoms with Gasteiger partial charge in [0.2, 0.25) is 0 Å². The van der Waals surface area contributed by atoms with E-state index in [2.05, 4.69) is 22.7 Å². The molecule has 2 aliphatic heterocycles. The Balaban J connectivity index is 1.52. The number of nitrogens with zero attached hydrogens (tertiary/aromatic N) is 1. The highest BCUT2D eigenvalue weighted by molar-refractivity contribution is 6.01. The maximum absolute atomic E-state index is 6.30. The van der Waals surface area contributed by atoms with Crippen LogP contribution in [0.1, 0.15) is 44.9 Å². The number of fused-ring (bicyclic) bond motifs is 6. The molecule has 2 saturated carbocycles. The molecule has 0 amide bonds. The molecule has 3 heteroatoms. The first-order chi connectivity index (χ1) is 10.4. The normalized spacial score (nSPS) is 44.2. The summed E-state index contributed by atoms with van der Waals surface area (Å²) in [5, 5.41) is 4.41. The Morgan fingerprint density at radius 3 is 3.00 bits per heavy atom. The molecule has 0 radical (unpaired) electrons. The van der Waals surface area contributed by atoms with Gasteiger partial charge in [-0.2, -0.15) is 5.10 Å². The molecule has 2 heterocycles. The van der Waals surface area contributed by atoms with Crippen molar-refractivity contribution < 1.29 is 4.74 Å². The van der Waals surface area contributed by atoms with Crippen LogP contribution in [-0.2, 0) is 4.74 Å². The van der Waals surface area contributed by atoms with Crippen molar-refractivity contribution in [3.8, 4) is 0 Å². The third-order valence-corrected chi connectivity index (χ3v) is 6.39. The lowest BCUT2D eigenvalue weighted by molar-refractivity contribution is 0.0238. The summed E-state index contributed by atoms with van der Waals surface area (Å²) in [6.07, 6.45) is 15.1. The minimum atomic E-state index is 0.196. The Hall–Kier alpha value is -1.09. The molecule has 3 nitrogen and oxygen atoms in total. The van der Waals surface area contributed by atoms with Gasteiger partial charge in [0.05, 0.1) is 18.4 Å². The van der Waals surface area contributed by atoms with Crippen molar-refractivity contribution in [2.24, 2.45) is 22.9 Å². The van der Waals surface area contributed by atoms with E-state index in [0.717, 1.165) is 30.0 Å². The fraction of sp³-hybridized carbons (Fsp3) is 0.722. The summed E-state index contributed by atoms with van der Waals surface area (Å²) in [5.74, 6) is 2.72. The Bertz CT molecular complexity index is 547. The molecule has 5 aliphatic rings. The smallest absolute Gasteiger partial charge is 0.121 e. The van der Waals surface area contributed by atoms with Crippen molar-refractivity contribution in [1.29, 1.82) is 0 Å². The minimum Gasteiger partial charge on any atom is -0.362 e. The molecule has 3 aliphatic carbocycles. The van der Waals surface area contributed by atoms with Crippen molar-refractivity contribution in [3.63, 3.8) is 0 Å². The van der Waals surface area contributed by atoms with Gasteiger partial charge in [-0.15, -0.1) is 0 Å². The van der Waals surface area contributed by atoms with Crippen LogP contribution in [0.15, 0.2) is 28.4 Å². The SMILES string of the molecule is C1=C2C3=CCC4CCCCC4C3CCC2OC2CNN=C12. The number of ether oxygens (including phenoxy) is 1. The maximum Gasteiger partial charge on any atom is 0.121 e. The van der Waals surface area contributed by atoms with Crippen molar-refractivity contribution in [3.05, 3.63) is 23.3 Å². The molecular formula is C18H24N2O. The van der Waals surface area contributed by atoms with E-state index in [1.54, 1.807) is 5.57 Å². The predicted octanol–water partition coefficient (Wildman–Crippen LogP) is 3.19. The fourth-order valence-electron chi connectivity index (χ4n) is 5.41. The number of hydrogen-bond donors (Lipinski definition) is 1. The average molecular weight is 284 g/mol. The maximum atomic E-state index is 6.30. The monoisotopic (exact) mass is 284 g/mol. The predicted molar refractivity (Wildman–Crippen MR) is 83.1 cm³/mol. The van der Waals surface area contributed by atoms with Gasteiger partial charge in [-0.1, -0.05) is 18.9 Å². The standard InChI is InChI=1S/C18H24N2O/c1-2-4-12-11(3-1)5-6-14-13(12)7-8-17-15(14)9-16-18(21-17)10-19-20-16/h6,9,11-13,17-19H,1-5,7-8,10H2. The van der Waals surface area contributed by atoms with Gasteiger partial charge in [-0.25, -0.2) is 0 Å². The highest BCUT2D eigenvalue weighted by atomic mass is 16.5. The van der Waals surface area contributed by atoms with Crippen molar-refractivity contribution in [2.75, 3.05) is 6.54 Å². The molecule has 0 aromatic heterocycles. The molecule has 112 valence electrons. The lowest BCUT2D eigenvalue weighted by atomic mass is 9.60. The molecule has 5 rings (SSSR count). The molecular weight excluding hydrogens is 260 g/mol. The molecule has 5 atom stereocenters. The molecule has 0 saturated heterocycles. The van der Waals surface area contributed by atoms with E-state index in [1.165, 1.54) is 50.5 Å². The first-order valence-corrected chi connectivity index (χ1v) is 8.78. The van der Waals surface area contributed by atoms with Crippen LogP contribution in [0.4, 0.5) is 0 Å². The summed E-state index contributed by atoms with van der Waals surface area (Å²) in [6, 6.07) is 0. The van der Waals surface area contributed by atoms with Crippen LogP contribution in [-0.4, -0.2) is 24.5 Å². The Labute approximate surface area is 126 Å². The fourth-order valence-corrected chi connectivity index (χ4v) is 5.41. The van der Waals surface area contributed by atoms with Gasteiger partial charge >= 0.3 is 0 Å². The summed E-state index contributed by atoms with van der Waals surface area (Å²) in [4.78, 5) is 0. The van der Waals surface area contributed by atoms with Gasteiger partial charge in [0.25, 0.3) is 0 Å². The second kappa shape index (κ2) is 4.70. The summed E-state index contributed by atoms with van der Waals surface area (Å²) in [6.45, 7) is 0.850. The number of allylic oxidation sites excluding steroid dienone is 1. The van der Waals surface area contributed by atoms with E-state index in [-0.39, 0.29) is 6.10 Å². The van der Waals surface area contributed by atoms with Crippen LogP contribution in [0.2, 0.25) is 0 Å². The van der Waals surface area contributed by atoms with Crippen LogP contribution in [0.25, 0.3) is 0 Å². The lowest BCUT2D eigenvalue weighted by Crippen LogP contribution is -2.42. The highest BCUT2D eigenvalue weighted by Gasteiger charge is 2.44. The number of hydrogen-bond acceptors (Lipinski definition) is 3. The number of nitrogens with one attached hydrogen (secondary N) is 1. The van der Waals surface area contributed by atoms with E-state index in [9.17, 15) is 0 Å². The van der Waals surface area contributed by atoms with Crippen LogP contribution >= 0.6 is 0 Å². The summed E-state index contributed by atoms with van der Waals surface area (Å²) in [7, 11) is 0. The van der Waals surface area contributed by atoms with Crippen LogP contribution in [0.3, 0.4) is 0 Å². The van der Waals surface area contributed by atoms with Crippen molar-refractivity contribution >= 4 is 5.71 Å². The largest absolute Gasteiger partial charge is 0.362 e. The number of hydrazone groups is 1. The Morgan fingerprint density at radius 2 is 2.00 bits per heavy atom. The van der Waals surface area contributed by atoms with Gasteiger partial charge in [0.15, 0.2) is 0 Å².